The third-order valence-electron chi connectivity index (χ3n) is 5.51. The van der Waals surface area contributed by atoms with E-state index in [0.29, 0.717) is 46.2 Å². The van der Waals surface area contributed by atoms with E-state index in [2.05, 4.69) is 37.2 Å². The molecule has 0 atom stereocenters. The van der Waals surface area contributed by atoms with Crippen LogP contribution in [0.1, 0.15) is 18.1 Å². The van der Waals surface area contributed by atoms with Crippen molar-refractivity contribution < 1.29 is 28.6 Å². The first kappa shape index (κ1) is 28.7. The summed E-state index contributed by atoms with van der Waals surface area (Å²) in [6, 6.07) is 18.1. The minimum atomic E-state index is -0.546. The molecule has 1 fully saturated rings. The number of nitrogens with zero attached hydrogens (tertiary/aromatic N) is 1. The molecule has 11 heteroatoms. The molecule has 1 aliphatic heterocycles. The molecule has 1 heterocycles. The maximum Gasteiger partial charge on any atom is 0.294 e. The van der Waals surface area contributed by atoms with Crippen LogP contribution in [0.2, 0.25) is 0 Å². The lowest BCUT2D eigenvalue weighted by atomic mass is 10.1. The Hall–Kier alpha value is -3.28. The molecule has 202 valence electrons. The molecule has 0 radical (unpaired) electrons. The molecule has 1 N–H and O–H groups in total. The van der Waals surface area contributed by atoms with E-state index >= 15 is 0 Å². The van der Waals surface area contributed by atoms with Gasteiger partial charge in [0.2, 0.25) is 5.91 Å². The zero-order valence-corrected chi connectivity index (χ0v) is 25.0. The molecule has 3 aromatic rings. The van der Waals surface area contributed by atoms with Gasteiger partial charge >= 0.3 is 0 Å². The number of hydrogen-bond acceptors (Lipinski definition) is 7. The van der Waals surface area contributed by atoms with Crippen molar-refractivity contribution in [1.82, 2.24) is 4.90 Å². The lowest BCUT2D eigenvalue weighted by molar-refractivity contribution is -0.127. The van der Waals surface area contributed by atoms with E-state index < -0.39 is 23.6 Å². The van der Waals surface area contributed by atoms with Gasteiger partial charge in [-0.3, -0.25) is 19.3 Å². The Morgan fingerprint density at radius 2 is 1.69 bits per heavy atom. The summed E-state index contributed by atoms with van der Waals surface area (Å²) in [5.41, 5.74) is 2.14. The molecule has 0 bridgehead atoms. The number of anilines is 1. The van der Waals surface area contributed by atoms with Gasteiger partial charge in [0.05, 0.1) is 18.6 Å². The number of rotatable bonds is 10. The molecular formula is C28H24Br2N2O6S. The molecule has 1 saturated heterocycles. The van der Waals surface area contributed by atoms with Crippen LogP contribution in [0, 0.1) is 0 Å². The number of hydrogen-bond donors (Lipinski definition) is 1. The highest BCUT2D eigenvalue weighted by Crippen LogP contribution is 2.38. The molecule has 3 amide bonds. The second-order valence-corrected chi connectivity index (χ2v) is 11.0. The fourth-order valence-corrected chi connectivity index (χ4v) is 5.11. The fraction of sp³-hybridized carbons (Fsp3) is 0.179. The second kappa shape index (κ2) is 13.2. The van der Waals surface area contributed by atoms with E-state index in [9.17, 15) is 14.4 Å². The first-order valence-electron chi connectivity index (χ1n) is 11.8. The summed E-state index contributed by atoms with van der Waals surface area (Å²) >= 11 is 7.73. The highest BCUT2D eigenvalue weighted by molar-refractivity contribution is 9.10. The van der Waals surface area contributed by atoms with Gasteiger partial charge in [0.15, 0.2) is 11.5 Å². The SMILES string of the molecule is CCOc1cc(/C=C2/SC(=O)N(CC(=O)Nc3ccc(OC)cc3)C2=O)c(Br)cc1OCc1ccc(Br)cc1. The zero-order valence-electron chi connectivity index (χ0n) is 21.0. The topological polar surface area (TPSA) is 94.2 Å². The van der Waals surface area contributed by atoms with Crippen LogP contribution in [0.15, 0.2) is 74.5 Å². The molecular weight excluding hydrogens is 652 g/mol. The van der Waals surface area contributed by atoms with Crippen LogP contribution in [0.3, 0.4) is 0 Å². The predicted octanol–water partition coefficient (Wildman–Crippen LogP) is 6.87. The van der Waals surface area contributed by atoms with E-state index in [0.717, 1.165) is 26.7 Å². The quantitative estimate of drug-likeness (QED) is 0.234. The number of methoxy groups -OCH3 is 1. The summed E-state index contributed by atoms with van der Waals surface area (Å²) in [6.07, 6.45) is 1.59. The Morgan fingerprint density at radius 3 is 2.36 bits per heavy atom. The van der Waals surface area contributed by atoms with Gasteiger partial charge in [0.1, 0.15) is 18.9 Å². The van der Waals surface area contributed by atoms with Crippen molar-refractivity contribution in [3.05, 3.63) is 85.6 Å². The van der Waals surface area contributed by atoms with Crippen LogP contribution in [-0.2, 0) is 16.2 Å². The maximum absolute atomic E-state index is 13.0. The van der Waals surface area contributed by atoms with E-state index in [4.69, 9.17) is 14.2 Å². The van der Waals surface area contributed by atoms with E-state index in [-0.39, 0.29) is 4.91 Å². The molecule has 8 nitrogen and oxygen atoms in total. The van der Waals surface area contributed by atoms with Crippen LogP contribution in [0.4, 0.5) is 10.5 Å². The minimum Gasteiger partial charge on any atom is -0.497 e. The molecule has 4 rings (SSSR count). The normalized spacial score (nSPS) is 14.1. The third kappa shape index (κ3) is 7.43. The van der Waals surface area contributed by atoms with Crippen molar-refractivity contribution in [1.29, 1.82) is 0 Å². The number of carbonyl (C=O) groups is 3. The number of ether oxygens (including phenoxy) is 3. The Labute approximate surface area is 246 Å². The van der Waals surface area contributed by atoms with Crippen molar-refractivity contribution in [3.8, 4) is 17.2 Å². The number of halogens is 2. The standard InChI is InChI=1S/C28H24Br2N2O6S/c1-3-37-23-12-18(22(30)14-24(23)38-16-17-4-6-19(29)7-5-17)13-25-27(34)32(28(35)39-25)15-26(33)31-20-8-10-21(36-2)11-9-20/h4-14H,3,15-16H2,1-2H3,(H,31,33)/b25-13+. The smallest absolute Gasteiger partial charge is 0.294 e. The third-order valence-corrected chi connectivity index (χ3v) is 7.63. The van der Waals surface area contributed by atoms with Crippen molar-refractivity contribution in [2.45, 2.75) is 13.5 Å². The molecule has 0 saturated carbocycles. The fourth-order valence-electron chi connectivity index (χ4n) is 3.58. The number of carbonyl (C=O) groups excluding carboxylic acids is 3. The first-order chi connectivity index (χ1) is 18.8. The highest BCUT2D eigenvalue weighted by Gasteiger charge is 2.36. The molecule has 0 aliphatic carbocycles. The van der Waals surface area contributed by atoms with E-state index in [1.54, 1.807) is 49.6 Å². The number of benzene rings is 3. The van der Waals surface area contributed by atoms with Gasteiger partial charge in [-0.2, -0.15) is 0 Å². The zero-order chi connectivity index (χ0) is 27.9. The number of nitrogens with one attached hydrogen (secondary N) is 1. The number of amides is 3. The van der Waals surface area contributed by atoms with Crippen LogP contribution < -0.4 is 19.5 Å². The van der Waals surface area contributed by atoms with Gasteiger partial charge in [-0.15, -0.1) is 0 Å². The molecule has 39 heavy (non-hydrogen) atoms. The van der Waals surface area contributed by atoms with E-state index in [1.807, 2.05) is 31.2 Å². The lowest BCUT2D eigenvalue weighted by Gasteiger charge is -2.14. The van der Waals surface area contributed by atoms with Crippen molar-refractivity contribution in [2.75, 3.05) is 25.6 Å². The van der Waals surface area contributed by atoms with Gasteiger partial charge in [-0.25, -0.2) is 0 Å². The molecule has 1 aliphatic rings. The maximum atomic E-state index is 13.0. The monoisotopic (exact) mass is 674 g/mol. The minimum absolute atomic E-state index is 0.198. The number of imide groups is 1. The van der Waals surface area contributed by atoms with Crippen LogP contribution >= 0.6 is 43.6 Å². The predicted molar refractivity (Wildman–Crippen MR) is 158 cm³/mol. The van der Waals surface area contributed by atoms with Crippen molar-refractivity contribution in [2.24, 2.45) is 0 Å². The average Bonchev–Trinajstić information content (AvgIpc) is 3.18. The Morgan fingerprint density at radius 1 is 1.00 bits per heavy atom. The molecule has 3 aromatic carbocycles. The van der Waals surface area contributed by atoms with Gasteiger partial charge in [0.25, 0.3) is 11.1 Å². The summed E-state index contributed by atoms with van der Waals surface area (Å²) in [6.45, 7) is 2.22. The van der Waals surface area contributed by atoms with Crippen molar-refractivity contribution in [3.63, 3.8) is 0 Å². The highest BCUT2D eigenvalue weighted by atomic mass is 79.9. The lowest BCUT2D eigenvalue weighted by Crippen LogP contribution is -2.36. The van der Waals surface area contributed by atoms with Crippen LogP contribution in [-0.4, -0.2) is 42.2 Å². The Kier molecular flexibility index (Phi) is 9.71. The summed E-state index contributed by atoms with van der Waals surface area (Å²) in [5, 5.41) is 2.16. The van der Waals surface area contributed by atoms with Crippen molar-refractivity contribution >= 4 is 72.4 Å². The van der Waals surface area contributed by atoms with Gasteiger partial charge in [-0.1, -0.05) is 44.0 Å². The summed E-state index contributed by atoms with van der Waals surface area (Å²) in [4.78, 5) is 39.2. The molecule has 0 aromatic heterocycles. The summed E-state index contributed by atoms with van der Waals surface area (Å²) in [5.74, 6) is 0.646. The van der Waals surface area contributed by atoms with E-state index in [1.165, 1.54) is 0 Å². The molecule has 0 unspecified atom stereocenters. The first-order valence-corrected chi connectivity index (χ1v) is 14.2. The average molecular weight is 676 g/mol. The van der Waals surface area contributed by atoms with Crippen LogP contribution in [0.5, 0.6) is 17.2 Å². The van der Waals surface area contributed by atoms with Gasteiger partial charge < -0.3 is 19.5 Å². The van der Waals surface area contributed by atoms with Crippen LogP contribution in [0.25, 0.3) is 6.08 Å². The Bertz CT molecular complexity index is 1410. The largest absolute Gasteiger partial charge is 0.497 e. The summed E-state index contributed by atoms with van der Waals surface area (Å²) < 4.78 is 18.5. The Balaban J connectivity index is 1.47. The van der Waals surface area contributed by atoms with Gasteiger partial charge in [0, 0.05) is 14.6 Å². The second-order valence-electron chi connectivity index (χ2n) is 8.21. The summed E-state index contributed by atoms with van der Waals surface area (Å²) in [7, 11) is 1.55. The molecule has 0 spiro atoms. The van der Waals surface area contributed by atoms with Gasteiger partial charge in [-0.05, 0) is 84.4 Å². The number of thioether (sulfide) groups is 1.